The van der Waals surface area contributed by atoms with Crippen LogP contribution in [-0.2, 0) is 19.7 Å². The third kappa shape index (κ3) is 5.45. The number of para-hydroxylation sites is 1. The van der Waals surface area contributed by atoms with Gasteiger partial charge in [-0.15, -0.1) is 0 Å². The first-order chi connectivity index (χ1) is 16.2. The lowest BCUT2D eigenvalue weighted by molar-refractivity contribution is -0.136. The van der Waals surface area contributed by atoms with Gasteiger partial charge in [0.1, 0.15) is 17.2 Å². The summed E-state index contributed by atoms with van der Waals surface area (Å²) in [6.45, 7) is 0.931. The van der Waals surface area contributed by atoms with Crippen LogP contribution < -0.4 is 4.18 Å². The Bertz CT molecular complexity index is 1250. The van der Waals surface area contributed by atoms with Crippen molar-refractivity contribution in [3.05, 3.63) is 64.0 Å². The zero-order chi connectivity index (χ0) is 24.3. The average molecular weight is 521 g/mol. The van der Waals surface area contributed by atoms with Crippen molar-refractivity contribution >= 4 is 56.6 Å². The van der Waals surface area contributed by atoms with E-state index in [0.717, 1.165) is 24.2 Å². The molecule has 8 nitrogen and oxygen atoms in total. The molecule has 2 fully saturated rings. The molecule has 0 spiro atoms. The summed E-state index contributed by atoms with van der Waals surface area (Å²) in [7, 11) is -4.16. The molecule has 0 saturated carbocycles. The molecule has 2 aliphatic rings. The van der Waals surface area contributed by atoms with Crippen molar-refractivity contribution < 1.29 is 27.0 Å². The molecule has 0 atom stereocenters. The second-order valence-corrected chi connectivity index (χ2v) is 10.7. The monoisotopic (exact) mass is 520 g/mol. The maximum absolute atomic E-state index is 12.9. The first kappa shape index (κ1) is 24.3. The molecule has 2 heterocycles. The van der Waals surface area contributed by atoms with Crippen LogP contribution in [0.2, 0.25) is 5.02 Å². The summed E-state index contributed by atoms with van der Waals surface area (Å²) in [5, 5.41) is -0.164. The molecule has 178 valence electrons. The number of carbonyl (C=O) groups is 3. The number of amides is 3. The van der Waals surface area contributed by atoms with Gasteiger partial charge in [-0.1, -0.05) is 29.8 Å². The summed E-state index contributed by atoms with van der Waals surface area (Å²) in [6, 6.07) is 11.8. The van der Waals surface area contributed by atoms with E-state index in [1.165, 1.54) is 36.4 Å². The molecule has 0 unspecified atom stereocenters. The van der Waals surface area contributed by atoms with E-state index in [4.69, 9.17) is 15.8 Å². The second-order valence-electron chi connectivity index (χ2n) is 7.74. The Labute approximate surface area is 206 Å². The summed E-state index contributed by atoms with van der Waals surface area (Å²) in [4.78, 5) is 40.4. The van der Waals surface area contributed by atoms with Gasteiger partial charge in [0.25, 0.3) is 11.1 Å². The average Bonchev–Trinajstić information content (AvgIpc) is 3.08. The van der Waals surface area contributed by atoms with E-state index in [1.807, 2.05) is 0 Å². The van der Waals surface area contributed by atoms with E-state index in [0.29, 0.717) is 35.4 Å². The summed E-state index contributed by atoms with van der Waals surface area (Å²) < 4.78 is 30.7. The minimum Gasteiger partial charge on any atom is -0.378 e. The molecule has 2 aromatic rings. The Kier molecular flexibility index (Phi) is 7.30. The molecule has 0 radical (unpaired) electrons. The molecule has 2 aliphatic heterocycles. The SMILES string of the molecule is O=C(CN1C(=O)S/C(=C\c2ccccc2OS(=O)(=O)c2ccc(Cl)cc2)C1=O)N1CCCCC1. The van der Waals surface area contributed by atoms with E-state index in [1.54, 1.807) is 23.1 Å². The van der Waals surface area contributed by atoms with Crippen LogP contribution in [-0.4, -0.2) is 54.9 Å². The number of nitrogens with zero attached hydrogens (tertiary/aromatic N) is 2. The fourth-order valence-corrected chi connectivity index (χ4v) is 5.51. The summed E-state index contributed by atoms with van der Waals surface area (Å²) in [5.41, 5.74) is 0.299. The fraction of sp³-hybridized carbons (Fsp3) is 0.261. The number of rotatable bonds is 6. The van der Waals surface area contributed by atoms with Crippen LogP contribution in [0.5, 0.6) is 5.75 Å². The number of halogens is 1. The number of benzene rings is 2. The van der Waals surface area contributed by atoms with Crippen LogP contribution in [0.25, 0.3) is 6.08 Å². The Balaban J connectivity index is 1.53. The van der Waals surface area contributed by atoms with E-state index in [-0.39, 0.29) is 28.0 Å². The number of likely N-dealkylation sites (tertiary alicyclic amines) is 1. The summed E-state index contributed by atoms with van der Waals surface area (Å²) >= 11 is 6.52. The first-order valence-corrected chi connectivity index (χ1v) is 13.2. The smallest absolute Gasteiger partial charge is 0.339 e. The largest absolute Gasteiger partial charge is 0.378 e. The lowest BCUT2D eigenvalue weighted by Gasteiger charge is -2.27. The lowest BCUT2D eigenvalue weighted by atomic mass is 10.1. The Morgan fingerprint density at radius 3 is 2.41 bits per heavy atom. The minimum absolute atomic E-state index is 0.00589. The zero-order valence-corrected chi connectivity index (χ0v) is 20.4. The molecule has 3 amide bonds. The van der Waals surface area contributed by atoms with Crippen molar-refractivity contribution in [3.8, 4) is 5.75 Å². The molecular weight excluding hydrogens is 500 g/mol. The minimum atomic E-state index is -4.16. The van der Waals surface area contributed by atoms with E-state index < -0.39 is 21.3 Å². The van der Waals surface area contributed by atoms with Crippen LogP contribution in [0.3, 0.4) is 0 Å². The molecule has 0 N–H and O–H groups in total. The standard InChI is InChI=1S/C23H21ClN2O6S2/c24-17-8-10-18(11-9-17)34(30,31)32-19-7-3-2-6-16(19)14-20-22(28)26(23(29)33-20)15-21(27)25-12-4-1-5-13-25/h2-3,6-11,14H,1,4-5,12-13,15H2/b20-14-. The maximum Gasteiger partial charge on any atom is 0.339 e. The van der Waals surface area contributed by atoms with Gasteiger partial charge in [0.2, 0.25) is 5.91 Å². The normalized spacial score (nSPS) is 18.0. The third-order valence-corrected chi connectivity index (χ3v) is 7.79. The number of hydrogen-bond acceptors (Lipinski definition) is 7. The summed E-state index contributed by atoms with van der Waals surface area (Å²) in [5.74, 6) is -0.870. The zero-order valence-electron chi connectivity index (χ0n) is 18.0. The van der Waals surface area contributed by atoms with Crippen molar-refractivity contribution in [1.82, 2.24) is 9.80 Å². The van der Waals surface area contributed by atoms with Gasteiger partial charge in [0, 0.05) is 23.7 Å². The van der Waals surface area contributed by atoms with Gasteiger partial charge in [-0.3, -0.25) is 19.3 Å². The molecule has 0 aromatic heterocycles. The number of carbonyl (C=O) groups excluding carboxylic acids is 3. The number of piperidine rings is 1. The van der Waals surface area contributed by atoms with Crippen molar-refractivity contribution in [3.63, 3.8) is 0 Å². The van der Waals surface area contributed by atoms with Crippen molar-refractivity contribution in [2.24, 2.45) is 0 Å². The first-order valence-electron chi connectivity index (χ1n) is 10.6. The summed E-state index contributed by atoms with van der Waals surface area (Å²) in [6.07, 6.45) is 4.26. The fourth-order valence-electron chi connectivity index (χ4n) is 3.60. The van der Waals surface area contributed by atoms with Gasteiger partial charge in [-0.05, 0) is 67.4 Å². The van der Waals surface area contributed by atoms with Crippen LogP contribution in [0.15, 0.2) is 58.3 Å². The maximum atomic E-state index is 12.9. The van der Waals surface area contributed by atoms with Crippen LogP contribution in [0.4, 0.5) is 4.79 Å². The highest BCUT2D eigenvalue weighted by Crippen LogP contribution is 2.34. The highest BCUT2D eigenvalue weighted by atomic mass is 35.5. The van der Waals surface area contributed by atoms with Crippen molar-refractivity contribution in [2.45, 2.75) is 24.2 Å². The molecule has 2 saturated heterocycles. The third-order valence-electron chi connectivity index (χ3n) is 5.38. The van der Waals surface area contributed by atoms with E-state index >= 15 is 0 Å². The van der Waals surface area contributed by atoms with Gasteiger partial charge in [-0.2, -0.15) is 8.42 Å². The molecule has 0 aliphatic carbocycles. The highest BCUT2D eigenvalue weighted by molar-refractivity contribution is 8.18. The van der Waals surface area contributed by atoms with E-state index in [9.17, 15) is 22.8 Å². The number of thioether (sulfide) groups is 1. The predicted octanol–water partition coefficient (Wildman–Crippen LogP) is 4.16. The van der Waals surface area contributed by atoms with Gasteiger partial charge < -0.3 is 9.08 Å². The Morgan fingerprint density at radius 1 is 1.03 bits per heavy atom. The van der Waals surface area contributed by atoms with Crippen LogP contribution in [0, 0.1) is 0 Å². The molecule has 2 aromatic carbocycles. The number of hydrogen-bond donors (Lipinski definition) is 0. The lowest BCUT2D eigenvalue weighted by Crippen LogP contribution is -2.44. The number of imide groups is 1. The molecule has 0 bridgehead atoms. The topological polar surface area (TPSA) is 101 Å². The molecular formula is C23H21ClN2O6S2. The molecule has 11 heteroatoms. The highest BCUT2D eigenvalue weighted by Gasteiger charge is 2.37. The van der Waals surface area contributed by atoms with E-state index in [2.05, 4.69) is 0 Å². The molecule has 34 heavy (non-hydrogen) atoms. The molecule has 4 rings (SSSR count). The van der Waals surface area contributed by atoms with Crippen LogP contribution in [0.1, 0.15) is 24.8 Å². The van der Waals surface area contributed by atoms with Crippen molar-refractivity contribution in [2.75, 3.05) is 19.6 Å². The predicted molar refractivity (Wildman–Crippen MR) is 129 cm³/mol. The van der Waals surface area contributed by atoms with Gasteiger partial charge in [0.05, 0.1) is 4.91 Å². The van der Waals surface area contributed by atoms with Crippen molar-refractivity contribution in [1.29, 1.82) is 0 Å². The Hall–Kier alpha value is -2.82. The van der Waals surface area contributed by atoms with Gasteiger partial charge in [0.15, 0.2) is 0 Å². The Morgan fingerprint density at radius 2 is 1.71 bits per heavy atom. The van der Waals surface area contributed by atoms with Crippen LogP contribution >= 0.6 is 23.4 Å². The quantitative estimate of drug-likeness (QED) is 0.416. The second kappa shape index (κ2) is 10.2. The van der Waals surface area contributed by atoms with Gasteiger partial charge in [-0.25, -0.2) is 0 Å². The van der Waals surface area contributed by atoms with Gasteiger partial charge >= 0.3 is 10.1 Å².